The summed E-state index contributed by atoms with van der Waals surface area (Å²) < 4.78 is 4.00. The molecule has 10 aromatic rings. The Morgan fingerprint density at radius 1 is 0.517 bits per heavy atom. The molecule has 0 radical (unpaired) electrons. The Bertz CT molecular complexity index is 3330. The first kappa shape index (κ1) is 32.2. The highest BCUT2D eigenvalue weighted by atomic mass is 32.1. The smallest absolute Gasteiger partial charge is 0.0754 e. The van der Waals surface area contributed by atoms with Crippen molar-refractivity contribution in [2.75, 3.05) is 4.90 Å². The van der Waals surface area contributed by atoms with E-state index in [1.165, 1.54) is 92.5 Å². The van der Waals surface area contributed by atoms with Crippen molar-refractivity contribution in [3.63, 3.8) is 0 Å². The molecule has 13 rings (SSSR count). The number of fused-ring (bicyclic) bond motifs is 16. The molecule has 3 aliphatic rings. The molecule has 1 atom stereocenters. The average molecular weight is 757 g/mol. The summed E-state index contributed by atoms with van der Waals surface area (Å²) in [7, 11) is 0. The maximum Gasteiger partial charge on any atom is 0.0754 e. The summed E-state index contributed by atoms with van der Waals surface area (Å²) in [5.74, 6) is 0. The molecule has 2 aromatic heterocycles. The molecule has 0 fully saturated rings. The molecule has 0 N–H and O–H groups in total. The Hall–Kier alpha value is -6.94. The minimum Gasteiger partial charge on any atom is -0.310 e. The number of benzene rings is 8. The quantitative estimate of drug-likeness (QED) is 0.174. The summed E-state index contributed by atoms with van der Waals surface area (Å²) in [4.78, 5) is 3.91. The number of aryl methyl sites for hydroxylation is 1. The maximum absolute atomic E-state index is 2.60. The van der Waals surface area contributed by atoms with Crippen molar-refractivity contribution in [1.29, 1.82) is 0 Å². The number of hydrogen-bond donors (Lipinski definition) is 0. The van der Waals surface area contributed by atoms with Gasteiger partial charge in [-0.25, -0.2) is 0 Å². The minimum absolute atomic E-state index is 0.514. The Kier molecular flexibility index (Phi) is 6.68. The maximum atomic E-state index is 2.60. The van der Waals surface area contributed by atoms with Gasteiger partial charge in [-0.15, -0.1) is 11.3 Å². The van der Waals surface area contributed by atoms with Crippen LogP contribution in [0.1, 0.15) is 39.1 Å². The van der Waals surface area contributed by atoms with Gasteiger partial charge in [0.1, 0.15) is 0 Å². The van der Waals surface area contributed by atoms with Crippen LogP contribution < -0.4 is 4.90 Å². The lowest BCUT2D eigenvalue weighted by Crippen LogP contribution is -2.33. The number of thiophene rings is 1. The molecule has 0 amide bonds. The molecule has 0 bridgehead atoms. The van der Waals surface area contributed by atoms with Crippen LogP contribution in [0.5, 0.6) is 0 Å². The van der Waals surface area contributed by atoms with Crippen molar-refractivity contribution >= 4 is 66.4 Å². The van der Waals surface area contributed by atoms with E-state index in [9.17, 15) is 0 Å². The van der Waals surface area contributed by atoms with Gasteiger partial charge in [-0.1, -0.05) is 140 Å². The van der Waals surface area contributed by atoms with Crippen LogP contribution in [-0.4, -0.2) is 4.57 Å². The summed E-state index contributed by atoms with van der Waals surface area (Å²) in [5, 5.41) is 4.11. The normalized spacial score (nSPS) is 15.8. The Labute approximate surface area is 341 Å². The van der Waals surface area contributed by atoms with Crippen LogP contribution in [0.4, 0.5) is 17.1 Å². The van der Waals surface area contributed by atoms with Crippen molar-refractivity contribution in [2.24, 2.45) is 0 Å². The molecule has 58 heavy (non-hydrogen) atoms. The highest BCUT2D eigenvalue weighted by Crippen LogP contribution is 2.63. The second-order valence-electron chi connectivity index (χ2n) is 15.9. The highest BCUT2D eigenvalue weighted by Gasteiger charge is 2.51. The third kappa shape index (κ3) is 4.21. The van der Waals surface area contributed by atoms with E-state index in [1.54, 1.807) is 0 Å². The zero-order valence-electron chi connectivity index (χ0n) is 31.7. The standard InChI is InChI=1S/C55H36N2S/c1-3-15-35(16-4-1)36-27-29-38(30-28-36)56(37-17-5-2-6-18-37)39-31-32-46-43(33-39)40-19-7-10-22-45(40)55(46)47-23-11-13-25-50(47)57-49-24-12-8-21-42(49)52-53(57)48(55)34-44-41-20-9-14-26-51(41)58-54(44)52/h1-13,15-25,27-34H,14,26H2. The predicted molar refractivity (Wildman–Crippen MR) is 244 cm³/mol. The third-order valence-corrected chi connectivity index (χ3v) is 14.3. The van der Waals surface area contributed by atoms with Gasteiger partial charge < -0.3 is 9.47 Å². The molecule has 272 valence electrons. The van der Waals surface area contributed by atoms with E-state index in [-0.39, 0.29) is 0 Å². The molecule has 0 saturated carbocycles. The first-order chi connectivity index (χ1) is 28.8. The number of anilines is 3. The summed E-state index contributed by atoms with van der Waals surface area (Å²) in [5.41, 5.74) is 18.6. The molecule has 3 heterocycles. The Morgan fingerprint density at radius 3 is 2.05 bits per heavy atom. The number of aromatic nitrogens is 1. The molecule has 1 unspecified atom stereocenters. The summed E-state index contributed by atoms with van der Waals surface area (Å²) in [6.45, 7) is 0. The molecular weight excluding hydrogens is 721 g/mol. The lowest BCUT2D eigenvalue weighted by Gasteiger charge is -2.40. The molecule has 2 nitrogen and oxygen atoms in total. The van der Waals surface area contributed by atoms with Gasteiger partial charge in [0.25, 0.3) is 0 Å². The van der Waals surface area contributed by atoms with Crippen LogP contribution in [0, 0.1) is 0 Å². The van der Waals surface area contributed by atoms with Crippen molar-refractivity contribution in [2.45, 2.75) is 18.3 Å². The zero-order valence-corrected chi connectivity index (χ0v) is 32.5. The molecule has 0 saturated heterocycles. The molecule has 1 aliphatic heterocycles. The van der Waals surface area contributed by atoms with E-state index >= 15 is 0 Å². The van der Waals surface area contributed by atoms with Crippen LogP contribution >= 0.6 is 11.3 Å². The lowest BCUT2D eigenvalue weighted by molar-refractivity contribution is 0.749. The highest BCUT2D eigenvalue weighted by molar-refractivity contribution is 7.20. The fourth-order valence-corrected chi connectivity index (χ4v) is 12.0. The Morgan fingerprint density at radius 2 is 1.19 bits per heavy atom. The van der Waals surface area contributed by atoms with E-state index in [0.29, 0.717) is 0 Å². The topological polar surface area (TPSA) is 8.17 Å². The second-order valence-corrected chi connectivity index (χ2v) is 17.0. The third-order valence-electron chi connectivity index (χ3n) is 13.0. The van der Waals surface area contributed by atoms with Gasteiger partial charge in [0.2, 0.25) is 0 Å². The zero-order chi connectivity index (χ0) is 38.0. The van der Waals surface area contributed by atoms with Crippen molar-refractivity contribution in [3.05, 3.63) is 221 Å². The van der Waals surface area contributed by atoms with Crippen LogP contribution in [0.2, 0.25) is 0 Å². The molecule has 1 spiro atoms. The second kappa shape index (κ2) is 12.0. The van der Waals surface area contributed by atoms with Crippen LogP contribution in [0.25, 0.3) is 65.9 Å². The van der Waals surface area contributed by atoms with Crippen molar-refractivity contribution < 1.29 is 0 Å². The monoisotopic (exact) mass is 756 g/mol. The van der Waals surface area contributed by atoms with Gasteiger partial charge >= 0.3 is 0 Å². The number of hydrogen-bond acceptors (Lipinski definition) is 2. The lowest BCUT2D eigenvalue weighted by atomic mass is 9.65. The number of allylic oxidation sites excluding steroid dienone is 1. The molecular formula is C55H36N2S. The van der Waals surface area contributed by atoms with E-state index in [1.807, 2.05) is 11.3 Å². The molecule has 2 aliphatic carbocycles. The molecule has 3 heteroatoms. The average Bonchev–Trinajstić information content (AvgIpc) is 3.94. The summed E-state index contributed by atoms with van der Waals surface area (Å²) in [6, 6.07) is 67.8. The first-order valence-electron chi connectivity index (χ1n) is 20.3. The Balaban J connectivity index is 1.11. The number of rotatable bonds is 4. The largest absolute Gasteiger partial charge is 0.310 e. The first-order valence-corrected chi connectivity index (χ1v) is 21.1. The van der Waals surface area contributed by atoms with Gasteiger partial charge in [0, 0.05) is 42.8 Å². The van der Waals surface area contributed by atoms with E-state index < -0.39 is 5.41 Å². The number of para-hydroxylation sites is 3. The van der Waals surface area contributed by atoms with Gasteiger partial charge in [0.05, 0.1) is 22.1 Å². The SMILES string of the molecule is C1=Cc2c(sc3c2cc2c4c3c3ccccc3n4-c3ccccc3C23c2ccccc2-c2cc(N(c4ccccc4)c4ccc(-c5ccccc5)cc4)ccc23)CC1. The van der Waals surface area contributed by atoms with Crippen molar-refractivity contribution in [3.8, 4) is 27.9 Å². The van der Waals surface area contributed by atoms with Crippen LogP contribution in [0.15, 0.2) is 188 Å². The van der Waals surface area contributed by atoms with E-state index in [2.05, 4.69) is 204 Å². The van der Waals surface area contributed by atoms with Crippen LogP contribution in [-0.2, 0) is 11.8 Å². The van der Waals surface area contributed by atoms with E-state index in [4.69, 9.17) is 0 Å². The van der Waals surface area contributed by atoms with E-state index in [0.717, 1.165) is 29.9 Å². The van der Waals surface area contributed by atoms with Gasteiger partial charge in [-0.05, 0) is 118 Å². The fourth-order valence-electron chi connectivity index (χ4n) is 10.7. The fraction of sp³-hybridized carbons (Fsp3) is 0.0545. The van der Waals surface area contributed by atoms with Gasteiger partial charge in [-0.3, -0.25) is 0 Å². The summed E-state index contributed by atoms with van der Waals surface area (Å²) >= 11 is 2.01. The number of nitrogens with zero attached hydrogens (tertiary/aromatic N) is 2. The van der Waals surface area contributed by atoms with Crippen LogP contribution in [0.3, 0.4) is 0 Å². The van der Waals surface area contributed by atoms with Crippen molar-refractivity contribution in [1.82, 2.24) is 4.57 Å². The van der Waals surface area contributed by atoms with Gasteiger partial charge in [0.15, 0.2) is 0 Å². The predicted octanol–water partition coefficient (Wildman–Crippen LogP) is 14.8. The summed E-state index contributed by atoms with van der Waals surface area (Å²) in [6.07, 6.45) is 6.97. The molecule has 8 aromatic carbocycles. The minimum atomic E-state index is -0.514. The van der Waals surface area contributed by atoms with Gasteiger partial charge in [-0.2, -0.15) is 0 Å².